The van der Waals surface area contributed by atoms with E-state index in [1.807, 2.05) is 31.2 Å². The molecule has 1 aliphatic heterocycles. The topological polar surface area (TPSA) is 81.9 Å². The number of rotatable bonds is 7. The van der Waals surface area contributed by atoms with E-state index in [-0.39, 0.29) is 23.6 Å². The lowest BCUT2D eigenvalue weighted by atomic mass is 9.97. The Bertz CT molecular complexity index is 1490. The molecule has 1 amide bonds. The lowest BCUT2D eigenvalue weighted by Crippen LogP contribution is -2.29. The molecule has 7 nitrogen and oxygen atoms in total. The molecule has 0 saturated heterocycles. The van der Waals surface area contributed by atoms with E-state index in [1.165, 1.54) is 0 Å². The number of benzene rings is 2. The standard InChI is InChI=1S/C28H24N2O5/c1-4-12-34-22-10-8-19(14-23(22)33-3)25-24-26(31)20-13-17(2)7-9-21(20)35-27(24)28(32)30(25)16-18-6-5-11-29-15-18/h4-11,13-15,25H,1,12,16H2,2-3H3. The predicted octanol–water partition coefficient (Wildman–Crippen LogP) is 4.82. The van der Waals surface area contributed by atoms with E-state index < -0.39 is 6.04 Å². The second kappa shape index (κ2) is 9.10. The van der Waals surface area contributed by atoms with Gasteiger partial charge >= 0.3 is 0 Å². The van der Waals surface area contributed by atoms with Gasteiger partial charge in [-0.1, -0.05) is 36.4 Å². The Morgan fingerprint density at radius 2 is 2.00 bits per heavy atom. The fourth-order valence-electron chi connectivity index (χ4n) is 4.45. The normalized spacial score (nSPS) is 14.7. The fourth-order valence-corrected chi connectivity index (χ4v) is 4.45. The average Bonchev–Trinajstić information content (AvgIpc) is 3.15. The second-order valence-electron chi connectivity index (χ2n) is 8.38. The van der Waals surface area contributed by atoms with Crippen LogP contribution in [0.1, 0.15) is 38.9 Å². The summed E-state index contributed by atoms with van der Waals surface area (Å²) in [6.07, 6.45) is 5.02. The van der Waals surface area contributed by atoms with Crippen molar-refractivity contribution in [1.29, 1.82) is 0 Å². The molecule has 0 aliphatic carbocycles. The molecule has 0 fully saturated rings. The van der Waals surface area contributed by atoms with Gasteiger partial charge in [-0.15, -0.1) is 0 Å². The van der Waals surface area contributed by atoms with Gasteiger partial charge in [0, 0.05) is 18.9 Å². The Morgan fingerprint density at radius 3 is 2.74 bits per heavy atom. The number of aryl methyl sites for hydroxylation is 1. The summed E-state index contributed by atoms with van der Waals surface area (Å²) >= 11 is 0. The maximum Gasteiger partial charge on any atom is 0.291 e. The first-order valence-electron chi connectivity index (χ1n) is 11.2. The highest BCUT2D eigenvalue weighted by Gasteiger charge is 2.43. The largest absolute Gasteiger partial charge is 0.493 e. The number of carbonyl (C=O) groups excluding carboxylic acids is 1. The van der Waals surface area contributed by atoms with Gasteiger partial charge in [-0.2, -0.15) is 0 Å². The molecule has 3 heterocycles. The Balaban J connectivity index is 1.70. The van der Waals surface area contributed by atoms with Crippen LogP contribution in [-0.4, -0.2) is 29.5 Å². The van der Waals surface area contributed by atoms with Crippen molar-refractivity contribution < 1.29 is 18.7 Å². The highest BCUT2D eigenvalue weighted by Crippen LogP contribution is 2.41. The minimum absolute atomic E-state index is 0.0613. The molecule has 0 bridgehead atoms. The molecule has 1 aliphatic rings. The molecule has 1 atom stereocenters. The van der Waals surface area contributed by atoms with E-state index in [0.29, 0.717) is 40.2 Å². The molecule has 0 N–H and O–H groups in total. The van der Waals surface area contributed by atoms with Crippen molar-refractivity contribution in [3.05, 3.63) is 112 Å². The van der Waals surface area contributed by atoms with Gasteiger partial charge in [-0.25, -0.2) is 0 Å². The molecule has 2 aromatic carbocycles. The number of pyridine rings is 1. The van der Waals surface area contributed by atoms with Gasteiger partial charge in [0.05, 0.1) is 24.1 Å². The van der Waals surface area contributed by atoms with E-state index in [0.717, 1.165) is 11.1 Å². The van der Waals surface area contributed by atoms with Crippen molar-refractivity contribution in [3.63, 3.8) is 0 Å². The third-order valence-corrected chi connectivity index (χ3v) is 6.06. The van der Waals surface area contributed by atoms with Crippen molar-refractivity contribution >= 4 is 16.9 Å². The van der Waals surface area contributed by atoms with Crippen LogP contribution in [0.3, 0.4) is 0 Å². The number of fused-ring (bicyclic) bond motifs is 2. The Hall–Kier alpha value is -4.39. The Labute approximate surface area is 202 Å². The summed E-state index contributed by atoms with van der Waals surface area (Å²) < 4.78 is 17.3. The quantitative estimate of drug-likeness (QED) is 0.362. The zero-order valence-corrected chi connectivity index (χ0v) is 19.5. The first-order valence-corrected chi connectivity index (χ1v) is 11.2. The van der Waals surface area contributed by atoms with Crippen molar-refractivity contribution in [2.45, 2.75) is 19.5 Å². The Kier molecular flexibility index (Phi) is 5.82. The Morgan fingerprint density at radius 1 is 1.14 bits per heavy atom. The molecule has 176 valence electrons. The number of amides is 1. The summed E-state index contributed by atoms with van der Waals surface area (Å²) in [5, 5.41) is 0.447. The average molecular weight is 469 g/mol. The van der Waals surface area contributed by atoms with Crippen molar-refractivity contribution in [1.82, 2.24) is 9.88 Å². The molecular weight excluding hydrogens is 444 g/mol. The van der Waals surface area contributed by atoms with Crippen LogP contribution in [0.5, 0.6) is 11.5 Å². The maximum atomic E-state index is 13.7. The maximum absolute atomic E-state index is 13.7. The van der Waals surface area contributed by atoms with E-state index in [4.69, 9.17) is 13.9 Å². The predicted molar refractivity (Wildman–Crippen MR) is 132 cm³/mol. The number of carbonyl (C=O) groups is 1. The summed E-state index contributed by atoms with van der Waals surface area (Å²) in [5.74, 6) is 0.749. The van der Waals surface area contributed by atoms with Gasteiger partial charge in [0.2, 0.25) is 5.76 Å². The molecule has 35 heavy (non-hydrogen) atoms. The summed E-state index contributed by atoms with van der Waals surface area (Å²) in [6, 6.07) is 13.8. The van der Waals surface area contributed by atoms with E-state index >= 15 is 0 Å². The lowest BCUT2D eigenvalue weighted by molar-refractivity contribution is 0.0714. The molecule has 0 spiro atoms. The van der Waals surface area contributed by atoms with Gasteiger partial charge in [0.15, 0.2) is 16.9 Å². The minimum Gasteiger partial charge on any atom is -0.493 e. The number of methoxy groups -OCH3 is 1. The fraction of sp³-hybridized carbons (Fsp3) is 0.179. The van der Waals surface area contributed by atoms with Gasteiger partial charge in [-0.3, -0.25) is 14.6 Å². The number of ether oxygens (including phenoxy) is 2. The van der Waals surface area contributed by atoms with Crippen LogP contribution in [0.15, 0.2) is 82.8 Å². The molecule has 1 unspecified atom stereocenters. The third-order valence-electron chi connectivity index (χ3n) is 6.06. The summed E-state index contributed by atoms with van der Waals surface area (Å²) in [5.41, 5.74) is 2.97. The number of hydrogen-bond donors (Lipinski definition) is 0. The second-order valence-corrected chi connectivity index (χ2v) is 8.38. The van der Waals surface area contributed by atoms with Gasteiger partial charge < -0.3 is 18.8 Å². The summed E-state index contributed by atoms with van der Waals surface area (Å²) in [7, 11) is 1.55. The van der Waals surface area contributed by atoms with Crippen LogP contribution < -0.4 is 14.9 Å². The van der Waals surface area contributed by atoms with E-state index in [1.54, 1.807) is 54.7 Å². The SMILES string of the molecule is C=CCOc1ccc(C2c3c(oc4ccc(C)cc4c3=O)C(=O)N2Cc2cccnc2)cc1OC. The number of aromatic nitrogens is 1. The number of nitrogens with zero attached hydrogens (tertiary/aromatic N) is 2. The van der Waals surface area contributed by atoms with E-state index in [9.17, 15) is 9.59 Å². The van der Waals surface area contributed by atoms with Crippen molar-refractivity contribution in [2.24, 2.45) is 0 Å². The van der Waals surface area contributed by atoms with Crippen molar-refractivity contribution in [2.75, 3.05) is 13.7 Å². The van der Waals surface area contributed by atoms with Gasteiger partial charge in [0.25, 0.3) is 5.91 Å². The molecule has 0 radical (unpaired) electrons. The number of hydrogen-bond acceptors (Lipinski definition) is 6. The highest BCUT2D eigenvalue weighted by molar-refractivity contribution is 5.99. The zero-order valence-electron chi connectivity index (χ0n) is 19.5. The van der Waals surface area contributed by atoms with Crippen LogP contribution >= 0.6 is 0 Å². The monoisotopic (exact) mass is 468 g/mol. The van der Waals surface area contributed by atoms with Crippen LogP contribution in [-0.2, 0) is 6.54 Å². The van der Waals surface area contributed by atoms with Crippen molar-refractivity contribution in [3.8, 4) is 11.5 Å². The van der Waals surface area contributed by atoms with Crippen LogP contribution in [0.4, 0.5) is 0 Å². The minimum atomic E-state index is -0.666. The first kappa shape index (κ1) is 22.4. The summed E-state index contributed by atoms with van der Waals surface area (Å²) in [6.45, 7) is 6.17. The molecule has 2 aromatic heterocycles. The van der Waals surface area contributed by atoms with Gasteiger partial charge in [0.1, 0.15) is 12.2 Å². The third kappa shape index (κ3) is 3.95. The van der Waals surface area contributed by atoms with E-state index in [2.05, 4.69) is 11.6 Å². The molecule has 4 aromatic rings. The molecule has 5 rings (SSSR count). The van der Waals surface area contributed by atoms with Crippen LogP contribution in [0, 0.1) is 6.92 Å². The van der Waals surface area contributed by atoms with Crippen LogP contribution in [0.2, 0.25) is 0 Å². The zero-order chi connectivity index (χ0) is 24.5. The van der Waals surface area contributed by atoms with Crippen LogP contribution in [0.25, 0.3) is 11.0 Å². The molecule has 0 saturated carbocycles. The molecule has 7 heteroatoms. The first-order chi connectivity index (χ1) is 17.0. The lowest BCUT2D eigenvalue weighted by Gasteiger charge is -2.25. The molecular formula is C28H24N2O5. The highest BCUT2D eigenvalue weighted by atomic mass is 16.5. The summed E-state index contributed by atoms with van der Waals surface area (Å²) in [4.78, 5) is 33.2. The smallest absolute Gasteiger partial charge is 0.291 e. The van der Waals surface area contributed by atoms with Gasteiger partial charge in [-0.05, 0) is 48.4 Å².